The second-order valence-corrected chi connectivity index (χ2v) is 7.96. The maximum Gasteiger partial charge on any atom is 0.255 e. The lowest BCUT2D eigenvalue weighted by Gasteiger charge is -2.09. The van der Waals surface area contributed by atoms with Gasteiger partial charge >= 0.3 is 0 Å². The second kappa shape index (κ2) is 6.37. The Bertz CT molecular complexity index is 849. The van der Waals surface area contributed by atoms with E-state index in [2.05, 4.69) is 10.0 Å². The van der Waals surface area contributed by atoms with Crippen LogP contribution in [0.25, 0.3) is 0 Å². The molecule has 0 saturated heterocycles. The number of carbonyl (C=O) groups excluding carboxylic acids is 1. The van der Waals surface area contributed by atoms with Crippen LogP contribution in [0.4, 0.5) is 5.69 Å². The molecular weight excluding hydrogens is 324 g/mol. The van der Waals surface area contributed by atoms with E-state index in [1.165, 1.54) is 24.3 Å². The number of hydrogen-bond donors (Lipinski definition) is 2. The number of rotatable bonds is 5. The lowest BCUT2D eigenvalue weighted by Crippen LogP contribution is -2.25. The minimum absolute atomic E-state index is 0.0579. The molecule has 1 fully saturated rings. The van der Waals surface area contributed by atoms with E-state index in [-0.39, 0.29) is 16.8 Å². The molecule has 24 heavy (non-hydrogen) atoms. The molecule has 0 aliphatic heterocycles. The number of benzene rings is 2. The van der Waals surface area contributed by atoms with Crippen molar-refractivity contribution in [2.75, 3.05) is 5.32 Å². The van der Waals surface area contributed by atoms with Crippen molar-refractivity contribution < 1.29 is 13.2 Å². The molecule has 5 nitrogen and oxygen atoms in total. The monoisotopic (exact) mass is 344 g/mol. The van der Waals surface area contributed by atoms with Crippen LogP contribution in [-0.2, 0) is 10.0 Å². The number of nitrogens with one attached hydrogen (secondary N) is 2. The Kier molecular flexibility index (Phi) is 4.43. The van der Waals surface area contributed by atoms with E-state index in [0.29, 0.717) is 5.56 Å². The number of hydrogen-bond acceptors (Lipinski definition) is 3. The van der Waals surface area contributed by atoms with Gasteiger partial charge in [0, 0.05) is 17.3 Å². The summed E-state index contributed by atoms with van der Waals surface area (Å²) in [7, 11) is -3.49. The zero-order chi connectivity index (χ0) is 17.3. The van der Waals surface area contributed by atoms with E-state index in [1.54, 1.807) is 0 Å². The van der Waals surface area contributed by atoms with Gasteiger partial charge in [-0.25, -0.2) is 13.1 Å². The summed E-state index contributed by atoms with van der Waals surface area (Å²) < 4.78 is 26.9. The number of aryl methyl sites for hydroxylation is 2. The topological polar surface area (TPSA) is 75.3 Å². The normalized spacial score (nSPS) is 14.4. The molecular formula is C18H20N2O3S. The first-order valence-electron chi connectivity index (χ1n) is 7.85. The van der Waals surface area contributed by atoms with Crippen molar-refractivity contribution in [2.24, 2.45) is 0 Å². The third-order valence-electron chi connectivity index (χ3n) is 3.81. The first-order valence-corrected chi connectivity index (χ1v) is 9.34. The van der Waals surface area contributed by atoms with Crippen LogP contribution in [-0.4, -0.2) is 20.4 Å². The van der Waals surface area contributed by atoms with E-state index in [0.717, 1.165) is 29.7 Å². The summed E-state index contributed by atoms with van der Waals surface area (Å²) in [5.74, 6) is -0.265. The first kappa shape index (κ1) is 16.7. The third kappa shape index (κ3) is 4.01. The Morgan fingerprint density at radius 2 is 1.58 bits per heavy atom. The van der Waals surface area contributed by atoms with Gasteiger partial charge in [0.05, 0.1) is 4.90 Å². The van der Waals surface area contributed by atoms with Crippen LogP contribution in [0.5, 0.6) is 0 Å². The fraction of sp³-hybridized carbons (Fsp3) is 0.278. The van der Waals surface area contributed by atoms with Gasteiger partial charge in [0.15, 0.2) is 0 Å². The molecule has 1 aliphatic carbocycles. The van der Waals surface area contributed by atoms with Crippen molar-refractivity contribution in [2.45, 2.75) is 37.6 Å². The molecule has 0 aromatic heterocycles. The van der Waals surface area contributed by atoms with Gasteiger partial charge in [-0.05, 0) is 74.2 Å². The lowest BCUT2D eigenvalue weighted by molar-refractivity contribution is 0.102. The Morgan fingerprint density at radius 3 is 2.12 bits per heavy atom. The molecule has 0 heterocycles. The molecule has 126 valence electrons. The van der Waals surface area contributed by atoms with Gasteiger partial charge in [-0.2, -0.15) is 0 Å². The zero-order valence-corrected chi connectivity index (χ0v) is 14.5. The van der Waals surface area contributed by atoms with Gasteiger partial charge in [-0.3, -0.25) is 4.79 Å². The maximum atomic E-state index is 12.3. The molecule has 0 radical (unpaired) electrons. The van der Waals surface area contributed by atoms with Crippen molar-refractivity contribution in [3.05, 3.63) is 59.2 Å². The van der Waals surface area contributed by atoms with Crippen LogP contribution in [0.2, 0.25) is 0 Å². The van der Waals surface area contributed by atoms with Crippen LogP contribution in [0.3, 0.4) is 0 Å². The molecule has 1 aliphatic rings. The van der Waals surface area contributed by atoms with E-state index in [9.17, 15) is 13.2 Å². The van der Waals surface area contributed by atoms with E-state index in [4.69, 9.17) is 0 Å². The van der Waals surface area contributed by atoms with Gasteiger partial charge in [-0.15, -0.1) is 0 Å². The van der Waals surface area contributed by atoms with Crippen molar-refractivity contribution in [1.29, 1.82) is 0 Å². The summed E-state index contributed by atoms with van der Waals surface area (Å²) in [6.07, 6.45) is 1.77. The highest BCUT2D eigenvalue weighted by molar-refractivity contribution is 7.89. The SMILES string of the molecule is Cc1cc(C)cc(NC(=O)c2ccc(S(=O)(=O)NC3CC3)cc2)c1. The Balaban J connectivity index is 1.73. The second-order valence-electron chi connectivity index (χ2n) is 6.25. The van der Waals surface area contributed by atoms with Gasteiger partial charge < -0.3 is 5.32 Å². The van der Waals surface area contributed by atoms with Gasteiger partial charge in [-0.1, -0.05) is 6.07 Å². The van der Waals surface area contributed by atoms with Crippen LogP contribution in [0.15, 0.2) is 47.4 Å². The predicted octanol–water partition coefficient (Wildman–Crippen LogP) is 3.00. The molecule has 2 aromatic carbocycles. The standard InChI is InChI=1S/C18H20N2O3S/c1-12-9-13(2)11-16(10-12)19-18(21)14-3-7-17(8-4-14)24(22,23)20-15-5-6-15/h3-4,7-11,15,20H,5-6H2,1-2H3,(H,19,21). The highest BCUT2D eigenvalue weighted by Gasteiger charge is 2.27. The van der Waals surface area contributed by atoms with Crippen molar-refractivity contribution >= 4 is 21.6 Å². The average Bonchev–Trinajstić information content (AvgIpc) is 3.29. The van der Waals surface area contributed by atoms with Gasteiger partial charge in [0.2, 0.25) is 10.0 Å². The summed E-state index contributed by atoms with van der Waals surface area (Å²) >= 11 is 0. The van der Waals surface area contributed by atoms with Crippen LogP contribution in [0, 0.1) is 13.8 Å². The zero-order valence-electron chi connectivity index (χ0n) is 13.7. The minimum Gasteiger partial charge on any atom is -0.322 e. The van der Waals surface area contributed by atoms with Crippen molar-refractivity contribution in [3.8, 4) is 0 Å². The smallest absolute Gasteiger partial charge is 0.255 e. The molecule has 1 amide bonds. The van der Waals surface area contributed by atoms with Crippen molar-refractivity contribution in [3.63, 3.8) is 0 Å². The highest BCUT2D eigenvalue weighted by Crippen LogP contribution is 2.22. The van der Waals surface area contributed by atoms with Crippen LogP contribution >= 0.6 is 0 Å². The number of sulfonamides is 1. The molecule has 0 bridgehead atoms. The molecule has 1 saturated carbocycles. The Hall–Kier alpha value is -2.18. The quantitative estimate of drug-likeness (QED) is 0.875. The van der Waals surface area contributed by atoms with Crippen LogP contribution < -0.4 is 10.0 Å². The largest absolute Gasteiger partial charge is 0.322 e. The number of anilines is 1. The molecule has 0 spiro atoms. The maximum absolute atomic E-state index is 12.3. The van der Waals surface area contributed by atoms with E-state index < -0.39 is 10.0 Å². The summed E-state index contributed by atoms with van der Waals surface area (Å²) in [5.41, 5.74) is 3.28. The number of carbonyl (C=O) groups is 1. The summed E-state index contributed by atoms with van der Waals surface area (Å²) in [4.78, 5) is 12.5. The molecule has 0 atom stereocenters. The van der Waals surface area contributed by atoms with Crippen molar-refractivity contribution in [1.82, 2.24) is 4.72 Å². The first-order chi connectivity index (χ1) is 11.3. The van der Waals surface area contributed by atoms with E-state index in [1.807, 2.05) is 32.0 Å². The minimum atomic E-state index is -3.49. The predicted molar refractivity (Wildman–Crippen MR) is 93.7 cm³/mol. The number of amides is 1. The fourth-order valence-electron chi connectivity index (χ4n) is 2.52. The molecule has 3 rings (SSSR count). The Morgan fingerprint density at radius 1 is 1.00 bits per heavy atom. The highest BCUT2D eigenvalue weighted by atomic mass is 32.2. The summed E-state index contributed by atoms with van der Waals surface area (Å²) in [6, 6.07) is 11.8. The molecule has 6 heteroatoms. The summed E-state index contributed by atoms with van der Waals surface area (Å²) in [5, 5.41) is 2.84. The van der Waals surface area contributed by atoms with Gasteiger partial charge in [0.25, 0.3) is 5.91 Å². The van der Waals surface area contributed by atoms with E-state index >= 15 is 0 Å². The lowest BCUT2D eigenvalue weighted by atomic mass is 10.1. The summed E-state index contributed by atoms with van der Waals surface area (Å²) in [6.45, 7) is 3.93. The Labute approximate surface area is 142 Å². The molecule has 2 N–H and O–H groups in total. The third-order valence-corrected chi connectivity index (χ3v) is 5.34. The fourth-order valence-corrected chi connectivity index (χ4v) is 3.83. The van der Waals surface area contributed by atoms with Gasteiger partial charge in [0.1, 0.15) is 0 Å². The molecule has 2 aromatic rings. The average molecular weight is 344 g/mol. The molecule has 0 unspecified atom stereocenters. The van der Waals surface area contributed by atoms with Crippen LogP contribution in [0.1, 0.15) is 34.3 Å².